The van der Waals surface area contributed by atoms with Gasteiger partial charge in [-0.3, -0.25) is 10.2 Å². The predicted molar refractivity (Wildman–Crippen MR) is 38.3 cm³/mol. The van der Waals surface area contributed by atoms with Crippen LogP contribution in [0, 0.1) is 0 Å². The fourth-order valence-electron chi connectivity index (χ4n) is 0.997. The first-order chi connectivity index (χ1) is 4.83. The van der Waals surface area contributed by atoms with Crippen molar-refractivity contribution in [3.05, 3.63) is 0 Å². The van der Waals surface area contributed by atoms with Gasteiger partial charge >= 0.3 is 0 Å². The molecular formula is C6H13N3O. The van der Waals surface area contributed by atoms with Crippen LogP contribution in [0.5, 0.6) is 0 Å². The molecule has 0 atom stereocenters. The lowest BCUT2D eigenvalue weighted by Crippen LogP contribution is -2.53. The first-order valence-corrected chi connectivity index (χ1v) is 3.58. The van der Waals surface area contributed by atoms with Gasteiger partial charge in [0.1, 0.15) is 0 Å². The van der Waals surface area contributed by atoms with Gasteiger partial charge in [-0.2, -0.15) is 0 Å². The molecule has 1 amide bonds. The van der Waals surface area contributed by atoms with E-state index in [1.165, 1.54) is 0 Å². The second kappa shape index (κ2) is 3.53. The Hall–Kier alpha value is -0.610. The summed E-state index contributed by atoms with van der Waals surface area (Å²) in [7, 11) is 0. The van der Waals surface area contributed by atoms with Gasteiger partial charge in [0.2, 0.25) is 5.91 Å². The molecule has 58 valence electrons. The molecule has 10 heavy (non-hydrogen) atoms. The summed E-state index contributed by atoms with van der Waals surface area (Å²) in [6, 6.07) is 0. The third-order valence-electron chi connectivity index (χ3n) is 1.42. The van der Waals surface area contributed by atoms with E-state index in [2.05, 4.69) is 10.7 Å². The molecule has 0 radical (unpaired) electrons. The molecule has 0 bridgehead atoms. The number of rotatable bonds is 2. The summed E-state index contributed by atoms with van der Waals surface area (Å²) in [5.41, 5.74) is 3.09. The highest BCUT2D eigenvalue weighted by Crippen LogP contribution is 1.86. The summed E-state index contributed by atoms with van der Waals surface area (Å²) in [5, 5.41) is 4.68. The van der Waals surface area contributed by atoms with Gasteiger partial charge in [-0.25, -0.2) is 5.01 Å². The average Bonchev–Trinajstić information content (AvgIpc) is 1.88. The highest BCUT2D eigenvalue weighted by Gasteiger charge is 2.13. The minimum Gasteiger partial charge on any atom is -0.354 e. The Labute approximate surface area is 60.5 Å². The number of nitrogens with zero attached hydrogens (tertiary/aromatic N) is 1. The molecule has 1 rings (SSSR count). The Morgan fingerprint density at radius 3 is 3.20 bits per heavy atom. The van der Waals surface area contributed by atoms with Crippen LogP contribution < -0.4 is 10.7 Å². The van der Waals surface area contributed by atoms with Gasteiger partial charge in [0.05, 0.1) is 6.54 Å². The molecule has 0 saturated carbocycles. The molecule has 4 heteroatoms. The number of piperazine rings is 1. The van der Waals surface area contributed by atoms with Crippen LogP contribution >= 0.6 is 0 Å². The van der Waals surface area contributed by atoms with Crippen LogP contribution in [0.2, 0.25) is 0 Å². The SMILES string of the molecule is CCNN1CCNC(=O)C1. The van der Waals surface area contributed by atoms with Crippen LogP contribution in [0.25, 0.3) is 0 Å². The van der Waals surface area contributed by atoms with Gasteiger partial charge in [-0.05, 0) is 0 Å². The molecule has 1 fully saturated rings. The van der Waals surface area contributed by atoms with E-state index >= 15 is 0 Å². The van der Waals surface area contributed by atoms with Gasteiger partial charge in [-0.1, -0.05) is 6.92 Å². The lowest BCUT2D eigenvalue weighted by molar-refractivity contribution is -0.125. The summed E-state index contributed by atoms with van der Waals surface area (Å²) >= 11 is 0. The standard InChI is InChI=1S/C6H13N3O/c1-2-8-9-4-3-7-6(10)5-9/h8H,2-5H2,1H3,(H,7,10). The minimum absolute atomic E-state index is 0.104. The lowest BCUT2D eigenvalue weighted by atomic mass is 10.4. The number of carbonyl (C=O) groups is 1. The van der Waals surface area contributed by atoms with E-state index in [0.717, 1.165) is 19.6 Å². The van der Waals surface area contributed by atoms with E-state index in [1.807, 2.05) is 11.9 Å². The minimum atomic E-state index is 0.104. The Kier molecular flexibility index (Phi) is 2.65. The first-order valence-electron chi connectivity index (χ1n) is 3.58. The molecular weight excluding hydrogens is 130 g/mol. The van der Waals surface area contributed by atoms with Crippen molar-refractivity contribution < 1.29 is 4.79 Å². The van der Waals surface area contributed by atoms with Crippen molar-refractivity contribution in [2.45, 2.75) is 6.92 Å². The predicted octanol–water partition coefficient (Wildman–Crippen LogP) is -1.06. The Bertz CT molecular complexity index is 124. The van der Waals surface area contributed by atoms with Crippen molar-refractivity contribution in [2.75, 3.05) is 26.2 Å². The normalized spacial score (nSPS) is 20.7. The van der Waals surface area contributed by atoms with Gasteiger partial charge in [0, 0.05) is 19.6 Å². The van der Waals surface area contributed by atoms with E-state index in [9.17, 15) is 4.79 Å². The molecule has 4 nitrogen and oxygen atoms in total. The van der Waals surface area contributed by atoms with Crippen LogP contribution in [-0.2, 0) is 4.79 Å². The quantitative estimate of drug-likeness (QED) is 0.518. The van der Waals surface area contributed by atoms with Crippen molar-refractivity contribution in [3.63, 3.8) is 0 Å². The van der Waals surface area contributed by atoms with E-state index in [0.29, 0.717) is 6.54 Å². The molecule has 2 N–H and O–H groups in total. The molecule has 0 aromatic rings. The molecule has 1 saturated heterocycles. The summed E-state index contributed by atoms with van der Waals surface area (Å²) < 4.78 is 0. The maximum absolute atomic E-state index is 10.8. The van der Waals surface area contributed by atoms with E-state index < -0.39 is 0 Å². The smallest absolute Gasteiger partial charge is 0.235 e. The van der Waals surface area contributed by atoms with Crippen molar-refractivity contribution in [1.29, 1.82) is 0 Å². The zero-order chi connectivity index (χ0) is 7.40. The largest absolute Gasteiger partial charge is 0.354 e. The van der Waals surface area contributed by atoms with E-state index in [4.69, 9.17) is 0 Å². The fraction of sp³-hybridized carbons (Fsp3) is 0.833. The number of carbonyl (C=O) groups excluding carboxylic acids is 1. The number of hydrazine groups is 1. The molecule has 0 aromatic heterocycles. The van der Waals surface area contributed by atoms with Crippen LogP contribution in [-0.4, -0.2) is 37.1 Å². The van der Waals surface area contributed by atoms with E-state index in [1.54, 1.807) is 0 Å². The van der Waals surface area contributed by atoms with Crippen molar-refractivity contribution >= 4 is 5.91 Å². The lowest BCUT2D eigenvalue weighted by Gasteiger charge is -2.26. The highest BCUT2D eigenvalue weighted by molar-refractivity contribution is 5.78. The Balaban J connectivity index is 2.25. The zero-order valence-corrected chi connectivity index (χ0v) is 6.18. The second-order valence-electron chi connectivity index (χ2n) is 2.28. The third-order valence-corrected chi connectivity index (χ3v) is 1.42. The summed E-state index contributed by atoms with van der Waals surface area (Å²) in [6.07, 6.45) is 0. The summed E-state index contributed by atoms with van der Waals surface area (Å²) in [6.45, 7) is 5.04. The average molecular weight is 143 g/mol. The highest BCUT2D eigenvalue weighted by atomic mass is 16.2. The number of hydrogen-bond donors (Lipinski definition) is 2. The first kappa shape index (κ1) is 7.50. The zero-order valence-electron chi connectivity index (χ0n) is 6.18. The summed E-state index contributed by atoms with van der Waals surface area (Å²) in [4.78, 5) is 10.8. The number of hydrogen-bond acceptors (Lipinski definition) is 3. The summed E-state index contributed by atoms with van der Waals surface area (Å²) in [5.74, 6) is 0.104. The molecule has 1 aliphatic rings. The topological polar surface area (TPSA) is 44.4 Å². The van der Waals surface area contributed by atoms with Crippen molar-refractivity contribution in [1.82, 2.24) is 15.8 Å². The van der Waals surface area contributed by atoms with Crippen LogP contribution in [0.4, 0.5) is 0 Å². The fourth-order valence-corrected chi connectivity index (χ4v) is 0.997. The van der Waals surface area contributed by atoms with Crippen LogP contribution in [0.15, 0.2) is 0 Å². The molecule has 0 aromatic carbocycles. The van der Waals surface area contributed by atoms with Gasteiger partial charge < -0.3 is 5.32 Å². The van der Waals surface area contributed by atoms with Crippen molar-refractivity contribution in [2.24, 2.45) is 0 Å². The van der Waals surface area contributed by atoms with Crippen LogP contribution in [0.1, 0.15) is 6.92 Å². The molecule has 1 heterocycles. The maximum Gasteiger partial charge on any atom is 0.235 e. The van der Waals surface area contributed by atoms with Gasteiger partial charge in [-0.15, -0.1) is 0 Å². The monoisotopic (exact) mass is 143 g/mol. The molecule has 0 spiro atoms. The van der Waals surface area contributed by atoms with Crippen LogP contribution in [0.3, 0.4) is 0 Å². The van der Waals surface area contributed by atoms with Crippen molar-refractivity contribution in [3.8, 4) is 0 Å². The maximum atomic E-state index is 10.8. The van der Waals surface area contributed by atoms with E-state index in [-0.39, 0.29) is 5.91 Å². The molecule has 1 aliphatic heterocycles. The second-order valence-corrected chi connectivity index (χ2v) is 2.28. The Morgan fingerprint density at radius 2 is 2.60 bits per heavy atom. The third kappa shape index (κ3) is 1.97. The van der Waals surface area contributed by atoms with Gasteiger partial charge in [0.25, 0.3) is 0 Å². The number of amides is 1. The Morgan fingerprint density at radius 1 is 1.80 bits per heavy atom. The van der Waals surface area contributed by atoms with Gasteiger partial charge in [0.15, 0.2) is 0 Å². The molecule has 0 unspecified atom stereocenters. The number of nitrogens with one attached hydrogen (secondary N) is 2. The molecule has 0 aliphatic carbocycles.